The summed E-state index contributed by atoms with van der Waals surface area (Å²) in [6.45, 7) is 9.67. The second kappa shape index (κ2) is 4.43. The lowest BCUT2D eigenvalue weighted by atomic mass is 9.96. The lowest BCUT2D eigenvalue weighted by Crippen LogP contribution is -2.29. The monoisotopic (exact) mass is 263 g/mol. The molecule has 0 aliphatic rings. The highest BCUT2D eigenvalue weighted by Gasteiger charge is 2.16. The van der Waals surface area contributed by atoms with Gasteiger partial charge in [0.05, 0.1) is 26.6 Å². The van der Waals surface area contributed by atoms with E-state index in [0.717, 1.165) is 33.1 Å². The summed E-state index contributed by atoms with van der Waals surface area (Å²) in [6.07, 6.45) is 0. The molecule has 0 unspecified atom stereocenters. The van der Waals surface area contributed by atoms with Crippen LogP contribution in [0.15, 0.2) is 12.1 Å². The minimum absolute atomic E-state index is 0.244. The van der Waals surface area contributed by atoms with Crippen LogP contribution in [0.3, 0.4) is 0 Å². The number of nitrogens with two attached hydrogens (primary N) is 1. The molecule has 3 nitrogen and oxygen atoms in total. The summed E-state index contributed by atoms with van der Waals surface area (Å²) < 4.78 is 1.16. The van der Waals surface area contributed by atoms with Gasteiger partial charge in [-0.25, -0.2) is 4.98 Å². The number of rotatable bonds is 2. The van der Waals surface area contributed by atoms with Gasteiger partial charge in [0.1, 0.15) is 0 Å². The van der Waals surface area contributed by atoms with Gasteiger partial charge in [-0.15, -0.1) is 11.3 Å². The second-order valence-corrected chi connectivity index (χ2v) is 7.26. The van der Waals surface area contributed by atoms with Gasteiger partial charge in [-0.1, -0.05) is 20.8 Å². The van der Waals surface area contributed by atoms with Gasteiger partial charge in [0.15, 0.2) is 0 Å². The predicted octanol–water partition coefficient (Wildman–Crippen LogP) is 3.67. The number of benzene rings is 1. The van der Waals surface area contributed by atoms with E-state index in [4.69, 9.17) is 5.73 Å². The number of fused-ring (bicyclic) bond motifs is 1. The molecule has 98 valence electrons. The molecule has 0 saturated heterocycles. The van der Waals surface area contributed by atoms with Crippen molar-refractivity contribution in [1.82, 2.24) is 4.98 Å². The number of thiazole rings is 1. The number of aryl methyl sites for hydroxylation is 1. The van der Waals surface area contributed by atoms with E-state index in [9.17, 15) is 0 Å². The first-order valence-corrected chi connectivity index (χ1v) is 6.96. The highest BCUT2D eigenvalue weighted by molar-refractivity contribution is 7.18. The van der Waals surface area contributed by atoms with Gasteiger partial charge < -0.3 is 10.6 Å². The molecular weight excluding hydrogens is 242 g/mol. The first-order chi connectivity index (χ1) is 8.26. The molecule has 1 aromatic carbocycles. The number of hydrogen-bond donors (Lipinski definition) is 1. The number of nitrogen functional groups attached to an aromatic ring is 1. The topological polar surface area (TPSA) is 42.2 Å². The summed E-state index contributed by atoms with van der Waals surface area (Å²) in [4.78, 5) is 6.74. The molecule has 2 rings (SSSR count). The molecule has 0 aliphatic carbocycles. The van der Waals surface area contributed by atoms with Crippen LogP contribution in [0, 0.1) is 12.3 Å². The Morgan fingerprint density at radius 2 is 2.00 bits per heavy atom. The molecule has 2 N–H and O–H groups in total. The van der Waals surface area contributed by atoms with Crippen LogP contribution < -0.4 is 10.6 Å². The third-order valence-electron chi connectivity index (χ3n) is 2.77. The van der Waals surface area contributed by atoms with Crippen LogP contribution in [-0.2, 0) is 0 Å². The van der Waals surface area contributed by atoms with Crippen molar-refractivity contribution in [2.75, 3.05) is 24.2 Å². The molecule has 0 saturated carbocycles. The van der Waals surface area contributed by atoms with Crippen LogP contribution in [-0.4, -0.2) is 18.6 Å². The van der Waals surface area contributed by atoms with Crippen molar-refractivity contribution in [3.05, 3.63) is 17.1 Å². The molecule has 0 radical (unpaired) electrons. The zero-order valence-electron chi connectivity index (χ0n) is 11.7. The zero-order valence-corrected chi connectivity index (χ0v) is 12.6. The summed E-state index contributed by atoms with van der Waals surface area (Å²) in [5.41, 5.74) is 9.34. The summed E-state index contributed by atoms with van der Waals surface area (Å²) in [5.74, 6) is 0. The quantitative estimate of drug-likeness (QED) is 0.841. The fourth-order valence-corrected chi connectivity index (χ4v) is 3.08. The minimum Gasteiger partial charge on any atom is -0.397 e. The van der Waals surface area contributed by atoms with Crippen molar-refractivity contribution in [2.24, 2.45) is 5.41 Å². The first-order valence-electron chi connectivity index (χ1n) is 6.14. The van der Waals surface area contributed by atoms with Crippen molar-refractivity contribution in [3.8, 4) is 0 Å². The van der Waals surface area contributed by atoms with Crippen LogP contribution in [0.5, 0.6) is 0 Å². The maximum atomic E-state index is 6.15. The van der Waals surface area contributed by atoms with Crippen LogP contribution in [0.2, 0.25) is 0 Å². The number of aromatic nitrogens is 1. The molecule has 0 atom stereocenters. The van der Waals surface area contributed by atoms with Crippen molar-refractivity contribution in [3.63, 3.8) is 0 Å². The van der Waals surface area contributed by atoms with E-state index in [0.29, 0.717) is 0 Å². The van der Waals surface area contributed by atoms with Gasteiger partial charge in [-0.2, -0.15) is 0 Å². The lowest BCUT2D eigenvalue weighted by molar-refractivity contribution is 0.419. The van der Waals surface area contributed by atoms with Gasteiger partial charge in [0, 0.05) is 13.6 Å². The summed E-state index contributed by atoms with van der Waals surface area (Å²) in [6, 6.07) is 4.13. The molecule has 1 aromatic heterocycles. The molecule has 0 aliphatic heterocycles. The Labute approximate surface area is 113 Å². The summed E-state index contributed by atoms with van der Waals surface area (Å²) in [5, 5.41) is 1.08. The molecular formula is C14H21N3S. The van der Waals surface area contributed by atoms with E-state index >= 15 is 0 Å². The first kappa shape index (κ1) is 13.1. The summed E-state index contributed by atoms with van der Waals surface area (Å²) in [7, 11) is 2.09. The van der Waals surface area contributed by atoms with E-state index in [-0.39, 0.29) is 5.41 Å². The molecule has 0 bridgehead atoms. The Kier molecular flexibility index (Phi) is 3.23. The Balaban J connectivity index is 2.40. The average molecular weight is 263 g/mol. The number of anilines is 2. The standard InChI is InChI=1S/C14H21N3S/c1-9-16-11-7-12(10(15)6-13(11)18-9)17(5)8-14(2,3)4/h6-7H,8,15H2,1-5H3. The number of nitrogens with zero attached hydrogens (tertiary/aromatic N) is 2. The molecule has 1 heterocycles. The third-order valence-corrected chi connectivity index (χ3v) is 3.70. The Morgan fingerprint density at radius 1 is 1.33 bits per heavy atom. The highest BCUT2D eigenvalue weighted by Crippen LogP contribution is 2.32. The van der Waals surface area contributed by atoms with Gasteiger partial charge in [-0.3, -0.25) is 0 Å². The molecule has 4 heteroatoms. The minimum atomic E-state index is 0.244. The zero-order chi connectivity index (χ0) is 13.5. The maximum Gasteiger partial charge on any atom is 0.0907 e. The molecule has 0 amide bonds. The van der Waals surface area contributed by atoms with Gasteiger partial charge in [0.2, 0.25) is 0 Å². The lowest BCUT2D eigenvalue weighted by Gasteiger charge is -2.29. The van der Waals surface area contributed by atoms with Crippen molar-refractivity contribution >= 4 is 32.9 Å². The van der Waals surface area contributed by atoms with E-state index < -0.39 is 0 Å². The predicted molar refractivity (Wildman–Crippen MR) is 81.5 cm³/mol. The normalized spacial score (nSPS) is 12.1. The number of hydrogen-bond acceptors (Lipinski definition) is 4. The van der Waals surface area contributed by atoms with Crippen molar-refractivity contribution < 1.29 is 0 Å². The second-order valence-electron chi connectivity index (χ2n) is 6.03. The molecule has 0 fully saturated rings. The fourth-order valence-electron chi connectivity index (χ4n) is 2.22. The maximum absolute atomic E-state index is 6.15. The van der Waals surface area contributed by atoms with Crippen molar-refractivity contribution in [1.29, 1.82) is 0 Å². The van der Waals surface area contributed by atoms with Crippen LogP contribution >= 0.6 is 11.3 Å². The molecule has 2 aromatic rings. The van der Waals surface area contributed by atoms with Gasteiger partial charge in [0.25, 0.3) is 0 Å². The fraction of sp³-hybridized carbons (Fsp3) is 0.500. The average Bonchev–Trinajstić information content (AvgIpc) is 2.53. The van der Waals surface area contributed by atoms with E-state index in [2.05, 4.69) is 43.8 Å². The van der Waals surface area contributed by atoms with Crippen LogP contribution in [0.1, 0.15) is 25.8 Å². The Morgan fingerprint density at radius 3 is 2.61 bits per heavy atom. The largest absolute Gasteiger partial charge is 0.397 e. The Bertz CT molecular complexity index is 566. The van der Waals surface area contributed by atoms with Crippen LogP contribution in [0.25, 0.3) is 10.2 Å². The third kappa shape index (κ3) is 2.75. The molecule has 18 heavy (non-hydrogen) atoms. The van der Waals surface area contributed by atoms with E-state index in [1.54, 1.807) is 11.3 Å². The summed E-state index contributed by atoms with van der Waals surface area (Å²) >= 11 is 1.69. The van der Waals surface area contributed by atoms with Crippen molar-refractivity contribution in [2.45, 2.75) is 27.7 Å². The van der Waals surface area contributed by atoms with Gasteiger partial charge in [-0.05, 0) is 24.5 Å². The van der Waals surface area contributed by atoms with Crippen LogP contribution in [0.4, 0.5) is 11.4 Å². The van der Waals surface area contributed by atoms with Gasteiger partial charge >= 0.3 is 0 Å². The van der Waals surface area contributed by atoms with E-state index in [1.165, 1.54) is 0 Å². The Hall–Kier alpha value is -1.29. The highest BCUT2D eigenvalue weighted by atomic mass is 32.1. The van der Waals surface area contributed by atoms with E-state index in [1.807, 2.05) is 13.0 Å². The smallest absolute Gasteiger partial charge is 0.0907 e. The SMILES string of the molecule is Cc1nc2cc(N(C)CC(C)(C)C)c(N)cc2s1. The molecule has 0 spiro atoms.